The number of nitrogens with one attached hydrogen (secondary N) is 1. The average Bonchev–Trinajstić information content (AvgIpc) is 3.16. The van der Waals surface area contributed by atoms with Crippen molar-refractivity contribution in [3.63, 3.8) is 0 Å². The van der Waals surface area contributed by atoms with Gasteiger partial charge in [0, 0.05) is 31.6 Å². The molecule has 7 nitrogen and oxygen atoms in total. The molecule has 1 saturated heterocycles. The second-order valence-electron chi connectivity index (χ2n) is 7.07. The van der Waals surface area contributed by atoms with E-state index in [2.05, 4.69) is 9.88 Å². The summed E-state index contributed by atoms with van der Waals surface area (Å²) in [4.78, 5) is 25.3. The fraction of sp³-hybridized carbons (Fsp3) is 0.500. The molecule has 0 aliphatic carbocycles. The molecule has 1 aromatic heterocycles. The van der Waals surface area contributed by atoms with E-state index in [0.29, 0.717) is 26.3 Å². The minimum absolute atomic E-state index is 0.112. The number of carbonyl (C=O) groups excluding carboxylic acids is 1. The minimum Gasteiger partial charge on any atom is -0.497 e. The van der Waals surface area contributed by atoms with Gasteiger partial charge in [0.2, 0.25) is 5.91 Å². The van der Waals surface area contributed by atoms with Gasteiger partial charge in [-0.05, 0) is 31.2 Å². The Balaban J connectivity index is 1.46. The van der Waals surface area contributed by atoms with Crippen LogP contribution >= 0.6 is 0 Å². The number of nitrogens with zero attached hydrogens (tertiary/aromatic N) is 3. The first-order valence-electron chi connectivity index (χ1n) is 9.48. The van der Waals surface area contributed by atoms with Crippen molar-refractivity contribution in [2.24, 2.45) is 0 Å². The molecule has 2 aliphatic rings. The number of hydrogen-bond donors (Lipinski definition) is 1. The lowest BCUT2D eigenvalue weighted by molar-refractivity contribution is -0.139. The topological polar surface area (TPSA) is 70.7 Å². The molecule has 1 amide bonds. The van der Waals surface area contributed by atoms with Crippen LogP contribution in [0.4, 0.5) is 0 Å². The quantitative estimate of drug-likeness (QED) is 0.887. The molecule has 4 rings (SSSR count). The lowest BCUT2D eigenvalue weighted by atomic mass is 10.1. The van der Waals surface area contributed by atoms with Crippen LogP contribution in [0.2, 0.25) is 0 Å². The van der Waals surface area contributed by atoms with Crippen molar-refractivity contribution in [1.82, 2.24) is 19.8 Å². The van der Waals surface area contributed by atoms with Gasteiger partial charge in [-0.25, -0.2) is 4.98 Å². The normalized spacial score (nSPS) is 18.8. The van der Waals surface area contributed by atoms with Crippen LogP contribution < -0.4 is 4.74 Å². The summed E-state index contributed by atoms with van der Waals surface area (Å²) < 4.78 is 10.6. The maximum absolute atomic E-state index is 12.9. The number of H-pyrrole nitrogens is 1. The molecule has 144 valence electrons. The van der Waals surface area contributed by atoms with E-state index in [1.807, 2.05) is 36.1 Å². The fourth-order valence-corrected chi connectivity index (χ4v) is 3.75. The summed E-state index contributed by atoms with van der Waals surface area (Å²) in [5.74, 6) is 1.85. The Morgan fingerprint density at radius 2 is 1.96 bits per heavy atom. The molecule has 2 aliphatic heterocycles. The summed E-state index contributed by atoms with van der Waals surface area (Å²) in [5.41, 5.74) is 3.11. The molecule has 7 heteroatoms. The molecule has 1 atom stereocenters. The number of benzene rings is 1. The standard InChI is InChI=1S/C20H26N4O3/c1-14(23-9-11-27-12-10-23)20(25)24-8-7-17-18(13-24)22-19(21-17)15-3-5-16(26-2)6-4-15/h3-6,14H,7-13H2,1-2H3,(H,21,22)/t14-/m0/s1. The third kappa shape index (κ3) is 3.70. The largest absolute Gasteiger partial charge is 0.497 e. The monoisotopic (exact) mass is 370 g/mol. The smallest absolute Gasteiger partial charge is 0.240 e. The molecule has 0 saturated carbocycles. The van der Waals surface area contributed by atoms with E-state index in [0.717, 1.165) is 48.0 Å². The summed E-state index contributed by atoms with van der Waals surface area (Å²) in [6, 6.07) is 7.73. The van der Waals surface area contributed by atoms with Gasteiger partial charge < -0.3 is 19.4 Å². The molecule has 27 heavy (non-hydrogen) atoms. The summed E-state index contributed by atoms with van der Waals surface area (Å²) in [5, 5.41) is 0. The van der Waals surface area contributed by atoms with Crippen molar-refractivity contribution >= 4 is 5.91 Å². The van der Waals surface area contributed by atoms with Crippen molar-refractivity contribution in [2.75, 3.05) is 40.0 Å². The van der Waals surface area contributed by atoms with E-state index < -0.39 is 0 Å². The Labute approximate surface area is 159 Å². The van der Waals surface area contributed by atoms with E-state index in [4.69, 9.17) is 14.5 Å². The summed E-state index contributed by atoms with van der Waals surface area (Å²) in [6.07, 6.45) is 0.781. The van der Waals surface area contributed by atoms with E-state index in [-0.39, 0.29) is 11.9 Å². The highest BCUT2D eigenvalue weighted by atomic mass is 16.5. The van der Waals surface area contributed by atoms with Crippen LogP contribution in [-0.4, -0.2) is 71.7 Å². The number of morpholine rings is 1. The molecule has 2 aromatic rings. The van der Waals surface area contributed by atoms with E-state index in [1.165, 1.54) is 0 Å². The van der Waals surface area contributed by atoms with Crippen molar-refractivity contribution in [3.05, 3.63) is 35.7 Å². The number of aromatic amines is 1. The number of amides is 1. The van der Waals surface area contributed by atoms with Crippen LogP contribution in [0.1, 0.15) is 18.3 Å². The highest BCUT2D eigenvalue weighted by Crippen LogP contribution is 2.25. The Hall–Kier alpha value is -2.38. The zero-order chi connectivity index (χ0) is 18.8. The van der Waals surface area contributed by atoms with Crippen LogP contribution in [0.15, 0.2) is 24.3 Å². The Morgan fingerprint density at radius 1 is 1.22 bits per heavy atom. The van der Waals surface area contributed by atoms with Crippen LogP contribution in [0.5, 0.6) is 5.75 Å². The number of methoxy groups -OCH3 is 1. The minimum atomic E-state index is -0.112. The molecule has 0 spiro atoms. The Bertz CT molecular complexity index is 796. The second-order valence-corrected chi connectivity index (χ2v) is 7.07. The fourth-order valence-electron chi connectivity index (χ4n) is 3.75. The van der Waals surface area contributed by atoms with Crippen molar-refractivity contribution < 1.29 is 14.3 Å². The van der Waals surface area contributed by atoms with Gasteiger partial charge in [0.25, 0.3) is 0 Å². The van der Waals surface area contributed by atoms with Crippen molar-refractivity contribution in [3.8, 4) is 17.1 Å². The molecule has 1 aromatic carbocycles. The maximum Gasteiger partial charge on any atom is 0.240 e. The molecule has 3 heterocycles. The van der Waals surface area contributed by atoms with Crippen LogP contribution in [0, 0.1) is 0 Å². The number of ether oxygens (including phenoxy) is 2. The number of fused-ring (bicyclic) bond motifs is 1. The van der Waals surface area contributed by atoms with Gasteiger partial charge in [-0.15, -0.1) is 0 Å². The molecular weight excluding hydrogens is 344 g/mol. The lowest BCUT2D eigenvalue weighted by Gasteiger charge is -2.35. The zero-order valence-electron chi connectivity index (χ0n) is 15.9. The summed E-state index contributed by atoms with van der Waals surface area (Å²) in [6.45, 7) is 6.34. The van der Waals surface area contributed by atoms with Gasteiger partial charge in [-0.1, -0.05) is 0 Å². The number of imidazole rings is 1. The Kier molecular flexibility index (Phi) is 5.13. The lowest BCUT2D eigenvalue weighted by Crippen LogP contribution is -2.51. The van der Waals surface area contributed by atoms with Crippen LogP contribution in [-0.2, 0) is 22.5 Å². The first-order valence-corrected chi connectivity index (χ1v) is 9.48. The molecule has 1 fully saturated rings. The second kappa shape index (κ2) is 7.70. The van der Waals surface area contributed by atoms with Crippen LogP contribution in [0.3, 0.4) is 0 Å². The average molecular weight is 370 g/mol. The third-order valence-corrected chi connectivity index (χ3v) is 5.46. The molecule has 1 N–H and O–H groups in total. The van der Waals surface area contributed by atoms with Gasteiger partial charge in [0.1, 0.15) is 11.6 Å². The first kappa shape index (κ1) is 18.0. The predicted molar refractivity (Wildman–Crippen MR) is 102 cm³/mol. The molecular formula is C20H26N4O3. The highest BCUT2D eigenvalue weighted by molar-refractivity contribution is 5.81. The van der Waals surface area contributed by atoms with Gasteiger partial charge in [0.15, 0.2) is 0 Å². The number of rotatable bonds is 4. The zero-order valence-corrected chi connectivity index (χ0v) is 15.9. The summed E-state index contributed by atoms with van der Waals surface area (Å²) >= 11 is 0. The first-order chi connectivity index (χ1) is 13.2. The molecule has 0 bridgehead atoms. The third-order valence-electron chi connectivity index (χ3n) is 5.46. The van der Waals surface area contributed by atoms with Gasteiger partial charge >= 0.3 is 0 Å². The number of aromatic nitrogens is 2. The van der Waals surface area contributed by atoms with E-state index >= 15 is 0 Å². The van der Waals surface area contributed by atoms with E-state index in [1.54, 1.807) is 7.11 Å². The van der Waals surface area contributed by atoms with Gasteiger partial charge in [-0.2, -0.15) is 0 Å². The summed E-state index contributed by atoms with van der Waals surface area (Å²) in [7, 11) is 1.66. The van der Waals surface area contributed by atoms with Gasteiger partial charge in [-0.3, -0.25) is 9.69 Å². The van der Waals surface area contributed by atoms with Crippen molar-refractivity contribution in [1.29, 1.82) is 0 Å². The SMILES string of the molecule is COc1ccc(-c2nc3c([nH]2)CN(C(=O)[C@H](C)N2CCOCC2)CC3)cc1. The van der Waals surface area contributed by atoms with Crippen LogP contribution in [0.25, 0.3) is 11.4 Å². The number of carbonyl (C=O) groups is 1. The Morgan fingerprint density at radius 3 is 2.67 bits per heavy atom. The highest BCUT2D eigenvalue weighted by Gasteiger charge is 2.30. The van der Waals surface area contributed by atoms with Gasteiger partial charge in [0.05, 0.1) is 44.3 Å². The predicted octanol–water partition coefficient (Wildman–Crippen LogP) is 1.69. The number of hydrogen-bond acceptors (Lipinski definition) is 5. The van der Waals surface area contributed by atoms with E-state index in [9.17, 15) is 4.79 Å². The van der Waals surface area contributed by atoms with Crippen molar-refractivity contribution in [2.45, 2.75) is 25.9 Å². The molecule has 0 unspecified atom stereocenters. The molecule has 0 radical (unpaired) electrons. The maximum atomic E-state index is 12.9.